The molecule has 5 rings (SSSR count). The Morgan fingerprint density at radius 3 is 1.68 bits per heavy atom. The molecule has 1 nitrogen and oxygen atoms in total. The van der Waals surface area contributed by atoms with Crippen LogP contribution >= 0.6 is 0 Å². The van der Waals surface area contributed by atoms with Crippen LogP contribution in [0.3, 0.4) is 0 Å². The minimum Gasteiger partial charge on any atom is -0.354 e. The van der Waals surface area contributed by atoms with E-state index >= 15 is 0 Å². The number of H-pyrrole nitrogens is 1. The molecule has 5 aromatic rings. The highest BCUT2D eigenvalue weighted by Crippen LogP contribution is 2.36. The number of benzene rings is 4. The molecule has 0 aliphatic rings. The summed E-state index contributed by atoms with van der Waals surface area (Å²) in [7, 11) is 0. The molecular weight excluding hydrogens is 374 g/mol. The molecule has 1 radical (unpaired) electrons. The highest BCUT2D eigenvalue weighted by atomic mass is 14.7. The van der Waals surface area contributed by atoms with E-state index in [2.05, 4.69) is 107 Å². The Hall–Kier alpha value is -3.32. The van der Waals surface area contributed by atoms with E-state index in [9.17, 15) is 0 Å². The second-order valence-corrected chi connectivity index (χ2v) is 9.11. The Bertz CT molecular complexity index is 1320. The van der Waals surface area contributed by atoms with Gasteiger partial charge in [-0.15, -0.1) is 0 Å². The van der Waals surface area contributed by atoms with E-state index in [1.54, 1.807) is 0 Å². The molecule has 0 spiro atoms. The van der Waals surface area contributed by atoms with Crippen LogP contribution in [-0.4, -0.2) is 4.98 Å². The van der Waals surface area contributed by atoms with Crippen molar-refractivity contribution in [2.45, 2.75) is 41.5 Å². The first-order valence-corrected chi connectivity index (χ1v) is 11.0. The SMILES string of the molecule is Cc1cc(C)c(-c2c[c]c3[nH]c4ccc(-c5c(C)cc(C)cc5C)cc4c3c2)c(C)c1. The van der Waals surface area contributed by atoms with Gasteiger partial charge in [-0.05, 0) is 110 Å². The Kier molecular flexibility index (Phi) is 4.51. The van der Waals surface area contributed by atoms with Crippen molar-refractivity contribution >= 4 is 21.8 Å². The van der Waals surface area contributed by atoms with Crippen LogP contribution in [-0.2, 0) is 0 Å². The summed E-state index contributed by atoms with van der Waals surface area (Å²) in [6.07, 6.45) is 0. The summed E-state index contributed by atoms with van der Waals surface area (Å²) in [6, 6.07) is 23.8. The highest BCUT2D eigenvalue weighted by Gasteiger charge is 2.13. The molecule has 0 aliphatic heterocycles. The molecule has 0 atom stereocenters. The van der Waals surface area contributed by atoms with Crippen molar-refractivity contribution in [3.05, 3.63) is 94.0 Å². The zero-order valence-corrected chi connectivity index (χ0v) is 19.2. The fourth-order valence-corrected chi connectivity index (χ4v) is 5.39. The van der Waals surface area contributed by atoms with Crippen LogP contribution in [0.25, 0.3) is 44.1 Å². The largest absolute Gasteiger partial charge is 0.354 e. The van der Waals surface area contributed by atoms with Crippen molar-refractivity contribution in [2.24, 2.45) is 0 Å². The van der Waals surface area contributed by atoms with E-state index in [4.69, 9.17) is 0 Å². The van der Waals surface area contributed by atoms with Crippen LogP contribution in [0, 0.1) is 47.6 Å². The van der Waals surface area contributed by atoms with Crippen LogP contribution < -0.4 is 0 Å². The van der Waals surface area contributed by atoms with Gasteiger partial charge < -0.3 is 4.98 Å². The molecule has 153 valence electrons. The lowest BCUT2D eigenvalue weighted by molar-refractivity contribution is 1.32. The fraction of sp³-hybridized carbons (Fsp3) is 0.200. The molecule has 4 aromatic carbocycles. The molecular formula is C30H28N. The van der Waals surface area contributed by atoms with Crippen molar-refractivity contribution in [2.75, 3.05) is 0 Å². The van der Waals surface area contributed by atoms with E-state index in [-0.39, 0.29) is 0 Å². The monoisotopic (exact) mass is 402 g/mol. The first kappa shape index (κ1) is 19.6. The van der Waals surface area contributed by atoms with Crippen molar-refractivity contribution in [1.29, 1.82) is 0 Å². The normalized spacial score (nSPS) is 11.5. The molecule has 1 heterocycles. The minimum absolute atomic E-state index is 1.07. The molecule has 0 saturated heterocycles. The zero-order valence-electron chi connectivity index (χ0n) is 19.2. The Morgan fingerprint density at radius 2 is 1.10 bits per heavy atom. The topological polar surface area (TPSA) is 15.8 Å². The summed E-state index contributed by atoms with van der Waals surface area (Å²) in [5.74, 6) is 0. The second kappa shape index (κ2) is 7.13. The smallest absolute Gasteiger partial charge is 0.0545 e. The maximum absolute atomic E-state index is 3.56. The molecule has 0 aliphatic carbocycles. The van der Waals surface area contributed by atoms with Gasteiger partial charge in [-0.3, -0.25) is 0 Å². The zero-order chi connectivity index (χ0) is 21.9. The van der Waals surface area contributed by atoms with Gasteiger partial charge >= 0.3 is 0 Å². The summed E-state index contributed by atoms with van der Waals surface area (Å²) in [6.45, 7) is 13.2. The van der Waals surface area contributed by atoms with Crippen LogP contribution in [0.1, 0.15) is 33.4 Å². The predicted molar refractivity (Wildman–Crippen MR) is 134 cm³/mol. The van der Waals surface area contributed by atoms with Crippen LogP contribution in [0.4, 0.5) is 0 Å². The van der Waals surface area contributed by atoms with Gasteiger partial charge in [0, 0.05) is 22.4 Å². The maximum Gasteiger partial charge on any atom is 0.0545 e. The average molecular weight is 403 g/mol. The molecule has 0 unspecified atom stereocenters. The number of hydrogen-bond acceptors (Lipinski definition) is 0. The average Bonchev–Trinajstić information content (AvgIpc) is 3.04. The van der Waals surface area contributed by atoms with Gasteiger partial charge in [0.05, 0.1) is 5.52 Å². The molecule has 0 bridgehead atoms. The minimum atomic E-state index is 1.07. The Balaban J connectivity index is 1.74. The van der Waals surface area contributed by atoms with Gasteiger partial charge in [-0.25, -0.2) is 0 Å². The van der Waals surface area contributed by atoms with Gasteiger partial charge in [-0.2, -0.15) is 0 Å². The summed E-state index contributed by atoms with van der Waals surface area (Å²) in [5, 5.41) is 2.49. The highest BCUT2D eigenvalue weighted by molar-refractivity contribution is 6.09. The third-order valence-corrected chi connectivity index (χ3v) is 6.44. The third kappa shape index (κ3) is 3.25. The van der Waals surface area contributed by atoms with E-state index in [0.29, 0.717) is 0 Å². The number of fused-ring (bicyclic) bond motifs is 3. The van der Waals surface area contributed by atoms with Crippen molar-refractivity contribution in [3.63, 3.8) is 0 Å². The Morgan fingerprint density at radius 1 is 0.581 bits per heavy atom. The lowest BCUT2D eigenvalue weighted by Gasteiger charge is -2.12. The van der Waals surface area contributed by atoms with E-state index in [1.807, 2.05) is 0 Å². The molecule has 1 N–H and O–H groups in total. The Labute approximate surface area is 184 Å². The van der Waals surface area contributed by atoms with Gasteiger partial charge in [0.25, 0.3) is 0 Å². The van der Waals surface area contributed by atoms with Gasteiger partial charge in [0.15, 0.2) is 0 Å². The van der Waals surface area contributed by atoms with Crippen LogP contribution in [0.15, 0.2) is 54.6 Å². The molecule has 0 saturated carbocycles. The van der Waals surface area contributed by atoms with E-state index in [0.717, 1.165) is 11.0 Å². The second-order valence-electron chi connectivity index (χ2n) is 9.11. The van der Waals surface area contributed by atoms with Gasteiger partial charge in [0.2, 0.25) is 0 Å². The van der Waals surface area contributed by atoms with Crippen LogP contribution in [0.2, 0.25) is 0 Å². The number of aromatic amines is 1. The summed E-state index contributed by atoms with van der Waals surface area (Å²) < 4.78 is 0. The fourth-order valence-electron chi connectivity index (χ4n) is 5.39. The summed E-state index contributed by atoms with van der Waals surface area (Å²) in [4.78, 5) is 3.56. The standard InChI is InChI=1S/C30H28N/c1-17-11-19(3)29(20(4)12-17)23-7-9-27-25(15-23)26-16-24(8-10-28(26)31-27)30-21(5)13-18(2)14-22(30)6/h7-9,11-16,31H,1-6H3. The maximum atomic E-state index is 3.56. The predicted octanol–water partition coefficient (Wildman–Crippen LogP) is 8.31. The molecule has 0 fully saturated rings. The van der Waals surface area contributed by atoms with E-state index in [1.165, 1.54) is 66.4 Å². The number of aromatic nitrogens is 1. The summed E-state index contributed by atoms with van der Waals surface area (Å²) >= 11 is 0. The third-order valence-electron chi connectivity index (χ3n) is 6.44. The molecule has 1 heteroatoms. The molecule has 0 amide bonds. The van der Waals surface area contributed by atoms with Crippen molar-refractivity contribution in [3.8, 4) is 22.3 Å². The molecule has 31 heavy (non-hydrogen) atoms. The van der Waals surface area contributed by atoms with Gasteiger partial charge in [-0.1, -0.05) is 41.5 Å². The first-order chi connectivity index (χ1) is 14.8. The number of hydrogen-bond donors (Lipinski definition) is 1. The molecule has 1 aromatic heterocycles. The first-order valence-electron chi connectivity index (χ1n) is 11.0. The quantitative estimate of drug-likeness (QED) is 0.305. The number of aryl methyl sites for hydroxylation is 6. The van der Waals surface area contributed by atoms with Crippen molar-refractivity contribution in [1.82, 2.24) is 4.98 Å². The lowest BCUT2D eigenvalue weighted by Crippen LogP contribution is -1.90. The lowest BCUT2D eigenvalue weighted by atomic mass is 9.91. The van der Waals surface area contributed by atoms with E-state index < -0.39 is 0 Å². The summed E-state index contributed by atoms with van der Waals surface area (Å²) in [5.41, 5.74) is 15.3. The van der Waals surface area contributed by atoms with Crippen molar-refractivity contribution < 1.29 is 0 Å². The number of rotatable bonds is 2. The van der Waals surface area contributed by atoms with Gasteiger partial charge in [0.1, 0.15) is 0 Å². The number of nitrogens with one attached hydrogen (secondary N) is 1. The van der Waals surface area contributed by atoms with Crippen LogP contribution in [0.5, 0.6) is 0 Å².